The molecule has 6 aromatic carbocycles. The van der Waals surface area contributed by atoms with Crippen molar-refractivity contribution in [3.63, 3.8) is 0 Å². The third-order valence-electron chi connectivity index (χ3n) is 10.1. The van der Waals surface area contributed by atoms with Crippen molar-refractivity contribution in [1.29, 1.82) is 0 Å². The van der Waals surface area contributed by atoms with E-state index in [0.29, 0.717) is 0 Å². The highest BCUT2D eigenvalue weighted by molar-refractivity contribution is 6.14. The van der Waals surface area contributed by atoms with Gasteiger partial charge in [0.1, 0.15) is 5.82 Å². The van der Waals surface area contributed by atoms with Crippen LogP contribution in [-0.4, -0.2) is 15.4 Å². The number of aromatic nitrogens is 2. The lowest BCUT2D eigenvalue weighted by atomic mass is 9.90. The fourth-order valence-corrected chi connectivity index (χ4v) is 7.49. The van der Waals surface area contributed by atoms with Crippen molar-refractivity contribution < 1.29 is 0 Å². The first-order valence-corrected chi connectivity index (χ1v) is 17.8. The van der Waals surface area contributed by atoms with E-state index in [-0.39, 0.29) is 0 Å². The van der Waals surface area contributed by atoms with Crippen molar-refractivity contribution in [3.8, 4) is 33.9 Å². The molecule has 245 valence electrons. The van der Waals surface area contributed by atoms with Gasteiger partial charge in [0.05, 0.1) is 22.8 Å². The molecule has 2 heterocycles. The third-order valence-corrected chi connectivity index (χ3v) is 10.1. The van der Waals surface area contributed by atoms with E-state index in [1.807, 2.05) is 12.1 Å². The Hall–Kier alpha value is -6.26. The molecule has 4 nitrogen and oxygen atoms in total. The summed E-state index contributed by atoms with van der Waals surface area (Å²) in [6, 6.07) is 56.0. The number of hydrogen-bond donors (Lipinski definition) is 0. The molecule has 1 radical (unpaired) electrons. The molecule has 0 spiro atoms. The van der Waals surface area contributed by atoms with E-state index in [4.69, 9.17) is 15.3 Å². The average Bonchev–Trinajstić information content (AvgIpc) is 3.79. The van der Waals surface area contributed by atoms with Gasteiger partial charge in [-0.1, -0.05) is 146 Å². The van der Waals surface area contributed by atoms with Gasteiger partial charge in [-0.25, -0.2) is 15.3 Å². The Bertz CT molecular complexity index is 2420. The van der Waals surface area contributed by atoms with Crippen molar-refractivity contribution in [2.24, 2.45) is 12.0 Å². The van der Waals surface area contributed by atoms with Crippen LogP contribution in [0.2, 0.25) is 0 Å². The van der Waals surface area contributed by atoms with Gasteiger partial charge in [0, 0.05) is 40.4 Å². The number of benzene rings is 6. The van der Waals surface area contributed by atoms with Crippen molar-refractivity contribution in [2.45, 2.75) is 25.7 Å². The zero-order valence-corrected chi connectivity index (χ0v) is 28.6. The summed E-state index contributed by atoms with van der Waals surface area (Å²) in [6.07, 6.45) is 3.59. The van der Waals surface area contributed by atoms with Crippen LogP contribution in [-0.2, 0) is 32.7 Å². The van der Waals surface area contributed by atoms with Crippen LogP contribution in [0.4, 0.5) is 0 Å². The van der Waals surface area contributed by atoms with E-state index in [0.717, 1.165) is 87.9 Å². The lowest BCUT2D eigenvalue weighted by molar-refractivity contribution is 0.900. The summed E-state index contributed by atoms with van der Waals surface area (Å²) in [5, 5.41) is 5.26. The molecule has 4 aliphatic carbocycles. The molecule has 4 bridgehead atoms. The van der Waals surface area contributed by atoms with E-state index in [1.165, 1.54) is 27.8 Å². The number of imidazole rings is 1. The minimum atomic E-state index is 0.792. The van der Waals surface area contributed by atoms with Gasteiger partial charge in [-0.2, -0.15) is 0 Å². The van der Waals surface area contributed by atoms with Gasteiger partial charge in [0.25, 0.3) is 0 Å². The fourth-order valence-electron chi connectivity index (χ4n) is 7.49. The zero-order valence-electron chi connectivity index (χ0n) is 28.6. The van der Waals surface area contributed by atoms with Crippen LogP contribution < -0.4 is 5.32 Å². The van der Waals surface area contributed by atoms with Crippen LogP contribution in [0.3, 0.4) is 0 Å². The Morgan fingerprint density at radius 1 is 0.471 bits per heavy atom. The second kappa shape index (κ2) is 13.2. The van der Waals surface area contributed by atoms with Gasteiger partial charge >= 0.3 is 0 Å². The first-order valence-electron chi connectivity index (χ1n) is 17.8. The highest BCUT2D eigenvalue weighted by Crippen LogP contribution is 2.38. The lowest BCUT2D eigenvalue weighted by Crippen LogP contribution is -2.15. The Labute approximate surface area is 299 Å². The highest BCUT2D eigenvalue weighted by atomic mass is 15.1. The van der Waals surface area contributed by atoms with E-state index in [2.05, 4.69) is 157 Å². The number of nitrogens with zero attached hydrogens (tertiary/aromatic N) is 4. The summed E-state index contributed by atoms with van der Waals surface area (Å²) < 4.78 is 2.29. The van der Waals surface area contributed by atoms with E-state index in [9.17, 15) is 0 Å². The van der Waals surface area contributed by atoms with E-state index in [1.54, 1.807) is 0 Å². The Morgan fingerprint density at radius 3 is 1.55 bits per heavy atom. The quantitative estimate of drug-likeness (QED) is 0.176. The summed E-state index contributed by atoms with van der Waals surface area (Å²) in [4.78, 5) is 10.7. The molecule has 12 rings (SSSR count). The molecule has 7 aromatic rings. The summed E-state index contributed by atoms with van der Waals surface area (Å²) in [5.41, 5.74) is 15.9. The summed E-state index contributed by atoms with van der Waals surface area (Å²) in [7, 11) is 2.16. The van der Waals surface area contributed by atoms with Crippen molar-refractivity contribution in [1.82, 2.24) is 14.9 Å². The molecule has 0 fully saturated rings. The number of hydrogen-bond acceptors (Lipinski definition) is 2. The molecule has 1 aliphatic heterocycles. The Morgan fingerprint density at radius 2 is 0.961 bits per heavy atom. The van der Waals surface area contributed by atoms with E-state index >= 15 is 0 Å². The van der Waals surface area contributed by atoms with Crippen molar-refractivity contribution >= 4 is 17.2 Å². The Kier molecular flexibility index (Phi) is 7.98. The smallest absolute Gasteiger partial charge is 0.160 e. The predicted octanol–water partition coefficient (Wildman–Crippen LogP) is 10.2. The number of aryl methyl sites for hydroxylation is 4. The first kappa shape index (κ1) is 30.8. The van der Waals surface area contributed by atoms with Crippen LogP contribution in [0.1, 0.15) is 38.9 Å². The molecule has 1 aromatic heterocycles. The monoisotopic (exact) mass is 657 g/mol. The van der Waals surface area contributed by atoms with Crippen LogP contribution in [0.5, 0.6) is 0 Å². The van der Waals surface area contributed by atoms with Crippen molar-refractivity contribution in [2.75, 3.05) is 0 Å². The van der Waals surface area contributed by atoms with Crippen LogP contribution in [0, 0.1) is 0 Å². The Balaban J connectivity index is 1.12. The van der Waals surface area contributed by atoms with Crippen molar-refractivity contribution in [3.05, 3.63) is 197 Å². The molecular formula is C47H37N4. The molecule has 0 amide bonds. The van der Waals surface area contributed by atoms with Gasteiger partial charge in [0.15, 0.2) is 5.84 Å². The van der Waals surface area contributed by atoms with Gasteiger partial charge < -0.3 is 4.57 Å². The normalized spacial score (nSPS) is 13.9. The summed E-state index contributed by atoms with van der Waals surface area (Å²) in [6.45, 7) is 0. The first-order chi connectivity index (χ1) is 25.2. The van der Waals surface area contributed by atoms with Crippen LogP contribution in [0.15, 0.2) is 163 Å². The largest absolute Gasteiger partial charge is 0.327 e. The molecular weight excluding hydrogens is 621 g/mol. The number of rotatable bonds is 6. The highest BCUT2D eigenvalue weighted by Gasteiger charge is 2.26. The van der Waals surface area contributed by atoms with Gasteiger partial charge in [-0.05, 0) is 60.1 Å². The molecule has 0 atom stereocenters. The second-order valence-corrected chi connectivity index (χ2v) is 13.4. The maximum atomic E-state index is 5.42. The lowest BCUT2D eigenvalue weighted by Gasteiger charge is -2.17. The topological polar surface area (TPSA) is 44.3 Å². The predicted molar refractivity (Wildman–Crippen MR) is 209 cm³/mol. The van der Waals surface area contributed by atoms with Gasteiger partial charge in [0.2, 0.25) is 0 Å². The number of aliphatic imine (C=N–C) groups is 1. The molecule has 0 saturated carbocycles. The molecule has 0 N–H and O–H groups in total. The van der Waals surface area contributed by atoms with Gasteiger partial charge in [-0.15, -0.1) is 0 Å². The summed E-state index contributed by atoms with van der Waals surface area (Å²) >= 11 is 0. The van der Waals surface area contributed by atoms with Gasteiger partial charge in [-0.3, -0.25) is 0 Å². The maximum Gasteiger partial charge on any atom is 0.160 e. The maximum absolute atomic E-state index is 5.42. The molecule has 4 heteroatoms. The number of amidine groups is 1. The minimum absolute atomic E-state index is 0.792. The van der Waals surface area contributed by atoms with Crippen LogP contribution >= 0.6 is 0 Å². The average molecular weight is 658 g/mol. The standard InChI is InChI=1S/C47H37N4/c1-51-45(39-20-12-5-13-21-39)44(38-18-10-4-11-19-38)50-47(51)41-31-33-23-22-32-24-26-34(28-29-35(41)27-25-33)40(30-32)46-48-42(36-14-6-2-7-15-36)43(49-46)37-16-8-3-9-17-37/h2-21,24-27,30-31H,22-23,28-29H2,1H3. The molecule has 0 unspecified atom stereocenters. The summed E-state index contributed by atoms with van der Waals surface area (Å²) in [5.74, 6) is 1.79. The van der Waals surface area contributed by atoms with E-state index < -0.39 is 0 Å². The fraction of sp³-hybridized carbons (Fsp3) is 0.106. The zero-order chi connectivity index (χ0) is 34.1. The van der Waals surface area contributed by atoms with Crippen LogP contribution in [0.25, 0.3) is 45.3 Å². The SMILES string of the molecule is Cn1c(-c2cc3ccc2CCc2ccc(cc2C2=NC(c4ccccc4)=C(c4ccccc4)[N]2)CC3)nc(-c2ccccc2)c1-c1ccccc1. The second-order valence-electron chi connectivity index (χ2n) is 13.4. The minimum Gasteiger partial charge on any atom is -0.327 e. The molecule has 51 heavy (non-hydrogen) atoms. The molecule has 0 saturated heterocycles. The molecule has 5 aliphatic rings. The third kappa shape index (κ3) is 5.89.